The van der Waals surface area contributed by atoms with Crippen molar-refractivity contribution >= 4 is 55.7 Å². The number of hydrogen-bond acceptors (Lipinski definition) is 2. The zero-order chi connectivity index (χ0) is 36.9. The Morgan fingerprint density at radius 2 is 0.818 bits per heavy atom. The van der Waals surface area contributed by atoms with Gasteiger partial charge in [0.25, 0.3) is 0 Å². The molecule has 0 spiro atoms. The largest absolute Gasteiger partial charge is 0.310 e. The maximum atomic E-state index is 2.42. The molecule has 0 bridgehead atoms. The molecule has 9 aromatic carbocycles. The van der Waals surface area contributed by atoms with Crippen molar-refractivity contribution in [2.24, 2.45) is 0 Å². The van der Waals surface area contributed by atoms with E-state index >= 15 is 0 Å². The van der Waals surface area contributed by atoms with Crippen molar-refractivity contribution in [1.82, 2.24) is 0 Å². The number of rotatable bonds is 7. The SMILES string of the molecule is CC1(C)c2cc(N(c3ccccc3)c3ccc(-c4ccc5ccccc5c4)cc3)ccc2-c2ccc(N(c3ccccc3)c3cccc4ccccc34)cc21. The molecule has 0 aromatic heterocycles. The summed E-state index contributed by atoms with van der Waals surface area (Å²) in [7, 11) is 0. The van der Waals surface area contributed by atoms with Gasteiger partial charge in [0, 0.05) is 39.2 Å². The molecule has 0 aliphatic heterocycles. The highest BCUT2D eigenvalue weighted by molar-refractivity contribution is 5.99. The first kappa shape index (κ1) is 32.7. The highest BCUT2D eigenvalue weighted by atomic mass is 15.1. The molecule has 2 nitrogen and oxygen atoms in total. The van der Waals surface area contributed by atoms with Crippen LogP contribution in [0.3, 0.4) is 0 Å². The number of fused-ring (bicyclic) bond motifs is 5. The van der Waals surface area contributed by atoms with Gasteiger partial charge in [0.2, 0.25) is 0 Å². The molecule has 0 unspecified atom stereocenters. The van der Waals surface area contributed by atoms with Gasteiger partial charge in [-0.25, -0.2) is 0 Å². The highest BCUT2D eigenvalue weighted by Gasteiger charge is 2.37. The number of anilines is 6. The fourth-order valence-electron chi connectivity index (χ4n) is 8.60. The summed E-state index contributed by atoms with van der Waals surface area (Å²) in [6.45, 7) is 4.75. The number of nitrogens with zero attached hydrogens (tertiary/aromatic N) is 2. The fourth-order valence-corrected chi connectivity index (χ4v) is 8.60. The average molecular weight is 705 g/mol. The molecule has 0 fully saturated rings. The molecule has 0 saturated heterocycles. The van der Waals surface area contributed by atoms with Crippen LogP contribution in [0.25, 0.3) is 43.8 Å². The van der Waals surface area contributed by atoms with Crippen LogP contribution in [0.5, 0.6) is 0 Å². The third kappa shape index (κ3) is 5.66. The summed E-state index contributed by atoms with van der Waals surface area (Å²) >= 11 is 0. The number of para-hydroxylation sites is 2. The van der Waals surface area contributed by atoms with Crippen molar-refractivity contribution < 1.29 is 0 Å². The molecular formula is C53H40N2. The number of benzene rings is 9. The molecule has 262 valence electrons. The molecular weight excluding hydrogens is 665 g/mol. The average Bonchev–Trinajstić information content (AvgIpc) is 3.47. The topological polar surface area (TPSA) is 6.48 Å². The highest BCUT2D eigenvalue weighted by Crippen LogP contribution is 2.52. The van der Waals surface area contributed by atoms with Gasteiger partial charge in [0.05, 0.1) is 5.69 Å². The van der Waals surface area contributed by atoms with Gasteiger partial charge in [-0.2, -0.15) is 0 Å². The summed E-state index contributed by atoms with van der Waals surface area (Å²) in [5.41, 5.74) is 14.3. The lowest BCUT2D eigenvalue weighted by Crippen LogP contribution is -2.17. The molecule has 0 N–H and O–H groups in total. The standard InChI is InChI=1S/C53H40N2/c1-53(2)50-35-45(54(42-18-5-3-6-19-42)44-28-26-38(27-29-44)41-25-24-37-14-9-10-16-40(37)34-41)30-32-48(50)49-33-31-46(36-51(49)53)55(43-20-7-4-8-21-43)52-23-13-17-39-15-11-12-22-47(39)52/h3-36H,1-2H3. The fraction of sp³-hybridized carbons (Fsp3) is 0.0566. The van der Waals surface area contributed by atoms with E-state index in [1.165, 1.54) is 60.6 Å². The molecule has 0 heterocycles. The minimum absolute atomic E-state index is 0.222. The molecule has 9 aromatic rings. The number of hydrogen-bond donors (Lipinski definition) is 0. The Balaban J connectivity index is 1.05. The van der Waals surface area contributed by atoms with Crippen molar-refractivity contribution in [1.29, 1.82) is 0 Å². The van der Waals surface area contributed by atoms with Crippen LogP contribution in [0.2, 0.25) is 0 Å². The van der Waals surface area contributed by atoms with Gasteiger partial charge < -0.3 is 9.80 Å². The molecule has 2 heteroatoms. The van der Waals surface area contributed by atoms with E-state index in [4.69, 9.17) is 0 Å². The van der Waals surface area contributed by atoms with Gasteiger partial charge in [-0.3, -0.25) is 0 Å². The van der Waals surface area contributed by atoms with Gasteiger partial charge in [-0.1, -0.05) is 147 Å². The molecule has 0 atom stereocenters. The second kappa shape index (κ2) is 13.2. The van der Waals surface area contributed by atoms with Crippen molar-refractivity contribution in [3.63, 3.8) is 0 Å². The Kier molecular flexibility index (Phi) is 7.85. The smallest absolute Gasteiger partial charge is 0.0540 e. The molecule has 1 aliphatic rings. The van der Waals surface area contributed by atoms with Crippen LogP contribution in [-0.4, -0.2) is 0 Å². The Morgan fingerprint density at radius 1 is 0.327 bits per heavy atom. The summed E-state index contributed by atoms with van der Waals surface area (Å²) in [5, 5.41) is 4.97. The zero-order valence-electron chi connectivity index (χ0n) is 31.0. The van der Waals surface area contributed by atoms with E-state index in [9.17, 15) is 0 Å². The van der Waals surface area contributed by atoms with Crippen molar-refractivity contribution in [2.45, 2.75) is 19.3 Å². The molecule has 1 aliphatic carbocycles. The van der Waals surface area contributed by atoms with Crippen LogP contribution in [-0.2, 0) is 5.41 Å². The normalized spacial score (nSPS) is 12.7. The summed E-state index contributed by atoms with van der Waals surface area (Å²) < 4.78 is 0. The first-order valence-corrected chi connectivity index (χ1v) is 19.1. The Bertz CT molecular complexity index is 2830. The van der Waals surface area contributed by atoms with E-state index in [1.807, 2.05) is 0 Å². The van der Waals surface area contributed by atoms with Crippen LogP contribution >= 0.6 is 0 Å². The first-order chi connectivity index (χ1) is 27.0. The lowest BCUT2D eigenvalue weighted by atomic mass is 9.82. The molecule has 0 amide bonds. The molecule has 10 rings (SSSR count). The van der Waals surface area contributed by atoms with Gasteiger partial charge >= 0.3 is 0 Å². The summed E-state index contributed by atoms with van der Waals surface area (Å²) in [5.74, 6) is 0. The zero-order valence-corrected chi connectivity index (χ0v) is 31.0. The molecule has 0 radical (unpaired) electrons. The van der Waals surface area contributed by atoms with Gasteiger partial charge in [-0.15, -0.1) is 0 Å². The third-order valence-electron chi connectivity index (χ3n) is 11.4. The van der Waals surface area contributed by atoms with Gasteiger partial charge in [-0.05, 0) is 122 Å². The van der Waals surface area contributed by atoms with Crippen LogP contribution < -0.4 is 9.80 Å². The summed E-state index contributed by atoms with van der Waals surface area (Å²) in [6, 6.07) is 75.1. The minimum Gasteiger partial charge on any atom is -0.310 e. The molecule has 0 saturated carbocycles. The van der Waals surface area contributed by atoms with Crippen LogP contribution in [0.4, 0.5) is 34.1 Å². The lowest BCUT2D eigenvalue weighted by molar-refractivity contribution is 0.660. The predicted octanol–water partition coefficient (Wildman–Crippen LogP) is 14.9. The monoisotopic (exact) mass is 704 g/mol. The van der Waals surface area contributed by atoms with Crippen LogP contribution in [0.15, 0.2) is 206 Å². The van der Waals surface area contributed by atoms with E-state index in [1.54, 1.807) is 0 Å². The second-order valence-corrected chi connectivity index (χ2v) is 15.0. The maximum Gasteiger partial charge on any atom is 0.0540 e. The van der Waals surface area contributed by atoms with Gasteiger partial charge in [0.15, 0.2) is 0 Å². The minimum atomic E-state index is -0.222. The van der Waals surface area contributed by atoms with Gasteiger partial charge in [0.1, 0.15) is 0 Å². The van der Waals surface area contributed by atoms with E-state index in [0.29, 0.717) is 0 Å². The van der Waals surface area contributed by atoms with E-state index in [-0.39, 0.29) is 5.41 Å². The maximum absolute atomic E-state index is 2.42. The second-order valence-electron chi connectivity index (χ2n) is 15.0. The van der Waals surface area contributed by atoms with E-state index < -0.39 is 0 Å². The van der Waals surface area contributed by atoms with Crippen molar-refractivity contribution in [2.75, 3.05) is 9.80 Å². The van der Waals surface area contributed by atoms with Crippen LogP contribution in [0.1, 0.15) is 25.0 Å². The Morgan fingerprint density at radius 3 is 1.49 bits per heavy atom. The summed E-state index contributed by atoms with van der Waals surface area (Å²) in [6.07, 6.45) is 0. The lowest BCUT2D eigenvalue weighted by Gasteiger charge is -2.29. The first-order valence-electron chi connectivity index (χ1n) is 19.1. The quantitative estimate of drug-likeness (QED) is 0.163. The van der Waals surface area contributed by atoms with Crippen LogP contribution in [0, 0.1) is 0 Å². The van der Waals surface area contributed by atoms with E-state index in [0.717, 1.165) is 28.4 Å². The summed E-state index contributed by atoms with van der Waals surface area (Å²) in [4.78, 5) is 4.79. The predicted molar refractivity (Wildman–Crippen MR) is 234 cm³/mol. The Labute approximate surface area is 323 Å². The van der Waals surface area contributed by atoms with E-state index in [2.05, 4.69) is 230 Å². The molecule has 55 heavy (non-hydrogen) atoms. The Hall–Kier alpha value is -6.90. The van der Waals surface area contributed by atoms with Crippen molar-refractivity contribution in [3.05, 3.63) is 217 Å². The third-order valence-corrected chi connectivity index (χ3v) is 11.4. The van der Waals surface area contributed by atoms with Crippen molar-refractivity contribution in [3.8, 4) is 22.3 Å².